The van der Waals surface area contributed by atoms with Crippen molar-refractivity contribution < 1.29 is 33.2 Å². The van der Waals surface area contributed by atoms with E-state index in [1.165, 1.54) is 14.2 Å². The molecule has 0 bridgehead atoms. The van der Waals surface area contributed by atoms with Crippen LogP contribution in [0.4, 0.5) is 5.95 Å². The molecule has 38 heavy (non-hydrogen) atoms. The summed E-state index contributed by atoms with van der Waals surface area (Å²) in [6.07, 6.45) is 0. The summed E-state index contributed by atoms with van der Waals surface area (Å²) >= 11 is 0. The van der Waals surface area contributed by atoms with Gasteiger partial charge in [0.25, 0.3) is 11.8 Å². The number of methoxy groups -OCH3 is 4. The first-order valence-electron chi connectivity index (χ1n) is 12.1. The minimum absolute atomic E-state index is 0.102. The maximum atomic E-state index is 12.4. The van der Waals surface area contributed by atoms with E-state index in [1.807, 2.05) is 53.4 Å². The summed E-state index contributed by atoms with van der Waals surface area (Å²) in [5.41, 5.74) is 0.710. The summed E-state index contributed by atoms with van der Waals surface area (Å²) < 4.78 is 32.8. The van der Waals surface area contributed by atoms with Crippen molar-refractivity contribution in [3.05, 3.63) is 59.7 Å². The van der Waals surface area contributed by atoms with Crippen LogP contribution in [0.15, 0.2) is 48.5 Å². The molecule has 0 saturated carbocycles. The van der Waals surface area contributed by atoms with E-state index >= 15 is 0 Å². The smallest absolute Gasteiger partial charge is 0.349 e. The largest absolute Gasteiger partial charge is 0.497 e. The lowest BCUT2D eigenvalue weighted by Crippen LogP contribution is -2.40. The van der Waals surface area contributed by atoms with Crippen molar-refractivity contribution in [1.82, 2.24) is 9.97 Å². The molecule has 0 spiro atoms. The fourth-order valence-corrected chi connectivity index (χ4v) is 3.61. The summed E-state index contributed by atoms with van der Waals surface area (Å²) in [5, 5.41) is 0. The fraction of sp³-hybridized carbons (Fsp3) is 0.393. The predicted molar refractivity (Wildman–Crippen MR) is 142 cm³/mol. The molecule has 3 rings (SSSR count). The first-order chi connectivity index (χ1) is 18.2. The van der Waals surface area contributed by atoms with Crippen molar-refractivity contribution in [1.29, 1.82) is 0 Å². The molecule has 0 saturated heterocycles. The number of rotatable bonds is 13. The summed E-state index contributed by atoms with van der Waals surface area (Å²) in [4.78, 5) is 23.7. The molecule has 10 nitrogen and oxygen atoms in total. The van der Waals surface area contributed by atoms with Gasteiger partial charge in [-0.3, -0.25) is 0 Å². The lowest BCUT2D eigenvalue weighted by Gasteiger charge is -2.27. The summed E-state index contributed by atoms with van der Waals surface area (Å²) in [6, 6.07) is 15.5. The highest BCUT2D eigenvalue weighted by Crippen LogP contribution is 2.39. The molecule has 0 unspecified atom stereocenters. The van der Waals surface area contributed by atoms with Gasteiger partial charge in [-0.25, -0.2) is 4.79 Å². The first-order valence-corrected chi connectivity index (χ1v) is 12.1. The van der Waals surface area contributed by atoms with E-state index in [0.29, 0.717) is 19.0 Å². The predicted octanol–water partition coefficient (Wildman–Crippen LogP) is 4.44. The molecule has 1 aromatic heterocycles. The zero-order chi connectivity index (χ0) is 27.7. The van der Waals surface area contributed by atoms with Crippen LogP contribution in [0.2, 0.25) is 0 Å². The standard InChI is InChI=1S/C28H35N3O7/c1-8-37-26(32)28(2,3)38-23-24(35-6)29-27(30-25(23)36-7)31(17-19-9-13-21(33-4)14-10-19)18-20-11-15-22(34-5)16-12-20/h9-16H,8,17-18H2,1-7H3. The average molecular weight is 526 g/mol. The highest BCUT2D eigenvalue weighted by molar-refractivity contribution is 5.79. The topological polar surface area (TPSA) is 101 Å². The third-order valence-electron chi connectivity index (χ3n) is 5.65. The molecular weight excluding hydrogens is 490 g/mol. The van der Waals surface area contributed by atoms with E-state index in [0.717, 1.165) is 22.6 Å². The molecule has 0 fully saturated rings. The van der Waals surface area contributed by atoms with Gasteiger partial charge in [0, 0.05) is 13.1 Å². The maximum absolute atomic E-state index is 12.4. The van der Waals surface area contributed by atoms with Crippen molar-refractivity contribution in [2.24, 2.45) is 0 Å². The second kappa shape index (κ2) is 12.8. The van der Waals surface area contributed by atoms with E-state index in [4.69, 9.17) is 28.4 Å². The molecular formula is C28H35N3O7. The Hall–Kier alpha value is -4.21. The third-order valence-corrected chi connectivity index (χ3v) is 5.65. The zero-order valence-electron chi connectivity index (χ0n) is 22.9. The molecule has 0 aliphatic heterocycles. The fourth-order valence-electron chi connectivity index (χ4n) is 3.61. The minimum atomic E-state index is -1.33. The van der Waals surface area contributed by atoms with Crippen LogP contribution in [0.25, 0.3) is 0 Å². The lowest BCUT2D eigenvalue weighted by molar-refractivity contribution is -0.158. The van der Waals surface area contributed by atoms with Gasteiger partial charge in [-0.2, -0.15) is 9.97 Å². The first kappa shape index (κ1) is 28.4. The van der Waals surface area contributed by atoms with E-state index in [1.54, 1.807) is 35.0 Å². The normalized spacial score (nSPS) is 10.9. The Labute approximate surface area is 223 Å². The van der Waals surface area contributed by atoms with E-state index < -0.39 is 11.6 Å². The van der Waals surface area contributed by atoms with Crippen LogP contribution in [0.1, 0.15) is 31.9 Å². The van der Waals surface area contributed by atoms with Crippen LogP contribution < -0.4 is 28.6 Å². The highest BCUT2D eigenvalue weighted by atomic mass is 16.6. The molecule has 0 N–H and O–H groups in total. The van der Waals surface area contributed by atoms with Gasteiger partial charge in [0.15, 0.2) is 0 Å². The molecule has 10 heteroatoms. The molecule has 0 aliphatic rings. The lowest BCUT2D eigenvalue weighted by atomic mass is 10.1. The summed E-state index contributed by atoms with van der Waals surface area (Å²) in [6.45, 7) is 6.11. The second-order valence-electron chi connectivity index (χ2n) is 8.76. The highest BCUT2D eigenvalue weighted by Gasteiger charge is 2.35. The summed E-state index contributed by atoms with van der Waals surface area (Å²) in [5.74, 6) is 1.70. The Morgan fingerprint density at radius 1 is 0.763 bits per heavy atom. The number of hydrogen-bond acceptors (Lipinski definition) is 10. The number of aromatic nitrogens is 2. The zero-order valence-corrected chi connectivity index (χ0v) is 22.9. The number of ether oxygens (including phenoxy) is 6. The van der Waals surface area contributed by atoms with Crippen LogP contribution in [-0.2, 0) is 22.6 Å². The van der Waals surface area contributed by atoms with Gasteiger partial charge in [0.1, 0.15) is 11.5 Å². The average Bonchev–Trinajstić information content (AvgIpc) is 2.93. The Balaban J connectivity index is 2.02. The van der Waals surface area contributed by atoms with Gasteiger partial charge in [-0.1, -0.05) is 24.3 Å². The van der Waals surface area contributed by atoms with Crippen LogP contribution in [0.3, 0.4) is 0 Å². The maximum Gasteiger partial charge on any atom is 0.349 e. The monoisotopic (exact) mass is 525 g/mol. The number of nitrogens with zero attached hydrogens (tertiary/aromatic N) is 3. The van der Waals surface area contributed by atoms with Crippen LogP contribution >= 0.6 is 0 Å². The molecule has 0 atom stereocenters. The number of benzene rings is 2. The third kappa shape index (κ3) is 6.96. The van der Waals surface area contributed by atoms with E-state index in [2.05, 4.69) is 9.97 Å². The van der Waals surface area contributed by atoms with Crippen molar-refractivity contribution in [3.63, 3.8) is 0 Å². The van der Waals surface area contributed by atoms with Gasteiger partial charge < -0.3 is 33.3 Å². The Morgan fingerprint density at radius 2 is 1.21 bits per heavy atom. The Bertz CT molecular complexity index is 1120. The Morgan fingerprint density at radius 3 is 1.58 bits per heavy atom. The van der Waals surface area contributed by atoms with Gasteiger partial charge in [-0.05, 0) is 56.2 Å². The number of hydrogen-bond donors (Lipinski definition) is 0. The van der Waals surface area contributed by atoms with Gasteiger partial charge >= 0.3 is 5.97 Å². The van der Waals surface area contributed by atoms with Crippen molar-refractivity contribution in [3.8, 4) is 29.0 Å². The molecule has 204 valence electrons. The minimum Gasteiger partial charge on any atom is -0.497 e. The Kier molecular flexibility index (Phi) is 9.59. The molecule has 0 radical (unpaired) electrons. The second-order valence-corrected chi connectivity index (χ2v) is 8.76. The molecule has 1 heterocycles. The van der Waals surface area contributed by atoms with Crippen LogP contribution in [0.5, 0.6) is 29.0 Å². The number of anilines is 1. The van der Waals surface area contributed by atoms with Gasteiger partial charge in [-0.15, -0.1) is 0 Å². The number of carbonyl (C=O) groups is 1. The van der Waals surface area contributed by atoms with Gasteiger partial charge in [0.2, 0.25) is 17.3 Å². The van der Waals surface area contributed by atoms with Gasteiger partial charge in [0.05, 0.1) is 35.0 Å². The quantitative estimate of drug-likeness (QED) is 0.298. The van der Waals surface area contributed by atoms with Crippen molar-refractivity contribution in [2.75, 3.05) is 39.9 Å². The molecule has 3 aromatic rings. The molecule has 2 aromatic carbocycles. The molecule has 0 aliphatic carbocycles. The van der Waals surface area contributed by atoms with Crippen LogP contribution in [-0.4, -0.2) is 56.6 Å². The SMILES string of the molecule is CCOC(=O)C(C)(C)Oc1c(OC)nc(N(Cc2ccc(OC)cc2)Cc2ccc(OC)cc2)nc1OC. The van der Waals surface area contributed by atoms with Crippen LogP contribution in [0, 0.1) is 0 Å². The molecule has 0 amide bonds. The number of esters is 1. The van der Waals surface area contributed by atoms with Crippen molar-refractivity contribution in [2.45, 2.75) is 39.5 Å². The van der Waals surface area contributed by atoms with Crippen molar-refractivity contribution >= 4 is 11.9 Å². The van der Waals surface area contributed by atoms with E-state index in [9.17, 15) is 4.79 Å². The van der Waals surface area contributed by atoms with E-state index in [-0.39, 0.29) is 24.1 Å². The number of carbonyl (C=O) groups excluding carboxylic acids is 1. The summed E-state index contributed by atoms with van der Waals surface area (Å²) in [7, 11) is 6.19.